The molecule has 2 fully saturated rings. The fraction of sp³-hybridized carbons (Fsp3) is 0.412. The van der Waals surface area contributed by atoms with Crippen molar-refractivity contribution in [1.29, 1.82) is 0 Å². The topological polar surface area (TPSA) is 71.9 Å². The third-order valence-electron chi connectivity index (χ3n) is 7.47. The van der Waals surface area contributed by atoms with E-state index in [-0.39, 0.29) is 16.6 Å². The number of ether oxygens (including phenoxy) is 1. The van der Waals surface area contributed by atoms with E-state index in [0.717, 1.165) is 69.5 Å². The van der Waals surface area contributed by atoms with Gasteiger partial charge in [-0.05, 0) is 74.3 Å². The van der Waals surface area contributed by atoms with Gasteiger partial charge in [-0.3, -0.25) is 4.79 Å². The van der Waals surface area contributed by atoms with E-state index in [1.165, 1.54) is 17.5 Å². The largest absolute Gasteiger partial charge is 0.382 e. The molecule has 220 valence electrons. The number of allylic oxidation sites excluding steroid dienone is 1. The Kier molecular flexibility index (Phi) is 13.7. The van der Waals surface area contributed by atoms with Gasteiger partial charge in [-0.1, -0.05) is 86.5 Å². The maximum absolute atomic E-state index is 12.4. The first-order valence-corrected chi connectivity index (χ1v) is 15.1. The summed E-state index contributed by atoms with van der Waals surface area (Å²) in [5.41, 5.74) is 5.25. The van der Waals surface area contributed by atoms with Crippen molar-refractivity contribution < 1.29 is 4.74 Å². The van der Waals surface area contributed by atoms with Crippen LogP contribution in [0.5, 0.6) is 0 Å². The Balaban J connectivity index is 0.000000201. The van der Waals surface area contributed by atoms with Gasteiger partial charge in [0.2, 0.25) is 0 Å². The number of aromatic nitrogens is 3. The number of anilines is 1. The minimum absolute atomic E-state index is 0.168. The summed E-state index contributed by atoms with van der Waals surface area (Å²) in [6, 6.07) is 10.4. The molecule has 2 aliphatic rings. The molecule has 1 aliphatic heterocycles. The number of halogens is 1. The van der Waals surface area contributed by atoms with E-state index >= 15 is 0 Å². The van der Waals surface area contributed by atoms with E-state index in [9.17, 15) is 4.79 Å². The average Bonchev–Trinajstić information content (AvgIpc) is 3.47. The van der Waals surface area contributed by atoms with E-state index in [1.54, 1.807) is 10.9 Å². The van der Waals surface area contributed by atoms with Gasteiger partial charge in [0.05, 0.1) is 24.5 Å². The molecule has 7 heteroatoms. The van der Waals surface area contributed by atoms with Gasteiger partial charge in [-0.2, -0.15) is 5.10 Å². The van der Waals surface area contributed by atoms with Gasteiger partial charge in [0.15, 0.2) is 0 Å². The number of aromatic amines is 1. The molecule has 0 spiro atoms. The van der Waals surface area contributed by atoms with Gasteiger partial charge in [0.1, 0.15) is 5.02 Å². The van der Waals surface area contributed by atoms with E-state index in [1.807, 2.05) is 55.6 Å². The van der Waals surface area contributed by atoms with Crippen LogP contribution in [0.3, 0.4) is 0 Å². The van der Waals surface area contributed by atoms with Crippen LogP contribution >= 0.6 is 11.6 Å². The molecule has 3 aromatic rings. The smallest absolute Gasteiger partial charge is 0.287 e. The first kappa shape index (κ1) is 32.2. The Hall–Kier alpha value is -3.35. The zero-order valence-electron chi connectivity index (χ0n) is 24.6. The maximum Gasteiger partial charge on any atom is 0.287 e. The second-order valence-electron chi connectivity index (χ2n) is 10.5. The van der Waals surface area contributed by atoms with Crippen LogP contribution in [-0.2, 0) is 4.74 Å². The Labute approximate surface area is 250 Å². The first-order chi connectivity index (χ1) is 20.0. The molecule has 1 saturated carbocycles. The van der Waals surface area contributed by atoms with Gasteiger partial charge >= 0.3 is 0 Å². The fourth-order valence-corrected chi connectivity index (χ4v) is 5.28. The summed E-state index contributed by atoms with van der Waals surface area (Å²) in [5, 5.41) is 7.88. The number of H-pyrrole nitrogens is 1. The number of hydrogen-bond donors (Lipinski definition) is 2. The van der Waals surface area contributed by atoms with Crippen molar-refractivity contribution >= 4 is 35.5 Å². The van der Waals surface area contributed by atoms with Crippen LogP contribution < -0.4 is 10.9 Å². The summed E-state index contributed by atoms with van der Waals surface area (Å²) >= 11 is 6.27. The van der Waals surface area contributed by atoms with Crippen LogP contribution in [0.15, 0.2) is 66.8 Å². The minimum atomic E-state index is -0.168. The molecule has 3 heterocycles. The van der Waals surface area contributed by atoms with Crippen LogP contribution in [0.25, 0.3) is 18.2 Å². The number of rotatable bonds is 7. The molecule has 0 amide bonds. The van der Waals surface area contributed by atoms with Crippen molar-refractivity contribution in [2.75, 3.05) is 25.1 Å². The Morgan fingerprint density at radius 3 is 2.49 bits per heavy atom. The second kappa shape index (κ2) is 17.5. The molecular weight excluding hydrogens is 532 g/mol. The van der Waals surface area contributed by atoms with Crippen LogP contribution in [0.4, 0.5) is 5.69 Å². The van der Waals surface area contributed by atoms with E-state index in [0.29, 0.717) is 11.6 Å². The molecule has 2 aromatic heterocycles. The summed E-state index contributed by atoms with van der Waals surface area (Å²) in [4.78, 5) is 15.5. The monoisotopic (exact) mass is 576 g/mol. The Morgan fingerprint density at radius 1 is 1.10 bits per heavy atom. The number of hydrogen-bond acceptors (Lipinski definition) is 4. The molecule has 1 unspecified atom stereocenters. The normalized spacial score (nSPS) is 17.1. The van der Waals surface area contributed by atoms with Gasteiger partial charge in [-0.15, -0.1) is 0 Å². The maximum atomic E-state index is 12.4. The summed E-state index contributed by atoms with van der Waals surface area (Å²) in [6.07, 6.45) is 19.2. The predicted molar refractivity (Wildman–Crippen MR) is 175 cm³/mol. The third-order valence-corrected chi connectivity index (χ3v) is 7.84. The number of nitrogens with one attached hydrogen (secondary N) is 2. The molecule has 0 radical (unpaired) electrons. The van der Waals surface area contributed by atoms with Crippen LogP contribution in [0.1, 0.15) is 80.3 Å². The standard InChI is InChI=1S/C16H24ClN3O2.C9H11N.C9H10/c17-15-14(18-9-12-5-4-8-22-11-12)10-19-20(16(15)21)13-6-2-1-3-7-13;1-3-5-9-8(4-2)6-7-10-9;1-3-9-7-5-4-6-8(9)2/h10,12-13,18H,1-9,11H2;3-7,10H,2H2,1H3;3-7H,1H2,2H3/b;5-3-;. The van der Waals surface area contributed by atoms with Gasteiger partial charge in [0, 0.05) is 25.0 Å². The van der Waals surface area contributed by atoms with Crippen molar-refractivity contribution in [3.05, 3.63) is 99.7 Å². The summed E-state index contributed by atoms with van der Waals surface area (Å²) in [5.74, 6) is 0.477. The molecule has 1 saturated heterocycles. The predicted octanol–water partition coefficient (Wildman–Crippen LogP) is 8.57. The van der Waals surface area contributed by atoms with Gasteiger partial charge in [-0.25, -0.2) is 4.68 Å². The van der Waals surface area contributed by atoms with E-state index in [4.69, 9.17) is 16.3 Å². The summed E-state index contributed by atoms with van der Waals surface area (Å²) < 4.78 is 7.05. The molecule has 1 aliphatic carbocycles. The van der Waals surface area contributed by atoms with Crippen molar-refractivity contribution in [2.24, 2.45) is 5.92 Å². The first-order valence-electron chi connectivity index (χ1n) is 14.7. The zero-order valence-corrected chi connectivity index (χ0v) is 25.3. The molecule has 6 nitrogen and oxygen atoms in total. The van der Waals surface area contributed by atoms with Crippen molar-refractivity contribution in [3.63, 3.8) is 0 Å². The van der Waals surface area contributed by atoms with E-state index in [2.05, 4.69) is 47.6 Å². The summed E-state index contributed by atoms with van der Waals surface area (Å²) in [6.45, 7) is 13.9. The molecular formula is C34H45ClN4O2. The number of benzene rings is 1. The second-order valence-corrected chi connectivity index (χ2v) is 10.9. The van der Waals surface area contributed by atoms with Crippen LogP contribution in [-0.4, -0.2) is 34.5 Å². The SMILES string of the molecule is C=Cc1cc[nH]c1/C=C\C.C=Cc1ccccc1C.O=c1c(Cl)c(NCC2CCCOC2)cnn1C1CCCCC1. The highest BCUT2D eigenvalue weighted by molar-refractivity contribution is 6.32. The number of nitrogens with zero attached hydrogens (tertiary/aromatic N) is 2. The lowest BCUT2D eigenvalue weighted by Crippen LogP contribution is -2.30. The quantitative estimate of drug-likeness (QED) is 0.295. The number of aryl methyl sites for hydroxylation is 1. The van der Waals surface area contributed by atoms with Crippen LogP contribution in [0, 0.1) is 12.8 Å². The Bertz CT molecular complexity index is 1310. The molecule has 1 aromatic carbocycles. The molecule has 41 heavy (non-hydrogen) atoms. The highest BCUT2D eigenvalue weighted by Gasteiger charge is 2.20. The Morgan fingerprint density at radius 2 is 1.85 bits per heavy atom. The highest BCUT2D eigenvalue weighted by Crippen LogP contribution is 2.27. The van der Waals surface area contributed by atoms with Crippen LogP contribution in [0.2, 0.25) is 5.02 Å². The lowest BCUT2D eigenvalue weighted by molar-refractivity contribution is 0.0595. The van der Waals surface area contributed by atoms with E-state index < -0.39 is 0 Å². The minimum Gasteiger partial charge on any atom is -0.382 e. The van der Waals surface area contributed by atoms with Gasteiger partial charge in [0.25, 0.3) is 5.56 Å². The highest BCUT2D eigenvalue weighted by atomic mass is 35.5. The lowest BCUT2D eigenvalue weighted by Gasteiger charge is -2.24. The molecule has 2 N–H and O–H groups in total. The van der Waals surface area contributed by atoms with Crippen molar-refractivity contribution in [2.45, 2.75) is 64.8 Å². The molecule has 1 atom stereocenters. The zero-order chi connectivity index (χ0) is 29.5. The molecule has 5 rings (SSSR count). The third kappa shape index (κ3) is 9.91. The lowest BCUT2D eigenvalue weighted by atomic mass is 9.96. The fourth-order valence-electron chi connectivity index (χ4n) is 5.08. The van der Waals surface area contributed by atoms with Gasteiger partial charge < -0.3 is 15.0 Å². The molecule has 0 bridgehead atoms. The summed E-state index contributed by atoms with van der Waals surface area (Å²) in [7, 11) is 0. The van der Waals surface area contributed by atoms with Crippen molar-refractivity contribution in [3.8, 4) is 0 Å². The van der Waals surface area contributed by atoms with Crippen molar-refractivity contribution in [1.82, 2.24) is 14.8 Å². The average molecular weight is 577 g/mol.